The van der Waals surface area contributed by atoms with Gasteiger partial charge in [0.2, 0.25) is 0 Å². The van der Waals surface area contributed by atoms with Crippen LogP contribution in [0.3, 0.4) is 0 Å². The molecule has 0 N–H and O–H groups in total. The molecule has 0 unspecified atom stereocenters. The number of hydrogen-bond donors (Lipinski definition) is 0. The number of hydrogen-bond acceptors (Lipinski definition) is 4. The molecule has 0 spiro atoms. The summed E-state index contributed by atoms with van der Waals surface area (Å²) in [5.74, 6) is -0.416. The number of ether oxygens (including phenoxy) is 1. The lowest BCUT2D eigenvalue weighted by Gasteiger charge is -2.08. The van der Waals surface area contributed by atoms with Crippen LogP contribution in [0.1, 0.15) is 30.5 Å². The molecule has 2 rings (SSSR count). The molecule has 4 nitrogen and oxygen atoms in total. The zero-order valence-corrected chi connectivity index (χ0v) is 12.6. The zero-order chi connectivity index (χ0) is 15.6. The second-order valence-electron chi connectivity index (χ2n) is 5.35. The van der Waals surface area contributed by atoms with E-state index in [0.29, 0.717) is 11.1 Å². The lowest BCUT2D eigenvalue weighted by molar-refractivity contribution is -0.139. The summed E-state index contributed by atoms with van der Waals surface area (Å²) >= 11 is 0. The van der Waals surface area contributed by atoms with Crippen LogP contribution in [0.5, 0.6) is 0 Å². The summed E-state index contributed by atoms with van der Waals surface area (Å²) in [5.41, 5.74) is 3.72. The van der Waals surface area contributed by atoms with Crippen molar-refractivity contribution in [2.24, 2.45) is 0 Å². The molecule has 0 saturated carbocycles. The molecule has 2 aromatic rings. The number of carbonyl (C=O) groups excluding carboxylic acids is 1. The van der Waals surface area contributed by atoms with Gasteiger partial charge in [0.25, 0.3) is 0 Å². The standard InChI is InChI=1S/C17H18O4/c1-10(2)5-16(18)20-9-13-8-17(19)21-15-7-12(4)11(3)6-14(13)15/h5-8H,9H2,1-4H3. The largest absolute Gasteiger partial charge is 0.458 e. The van der Waals surface area contributed by atoms with Crippen molar-refractivity contribution in [1.82, 2.24) is 0 Å². The normalized spacial score (nSPS) is 10.5. The molecule has 0 fully saturated rings. The van der Waals surface area contributed by atoms with Crippen LogP contribution in [0.2, 0.25) is 0 Å². The van der Waals surface area contributed by atoms with Crippen LogP contribution in [0, 0.1) is 13.8 Å². The van der Waals surface area contributed by atoms with Gasteiger partial charge in [0.1, 0.15) is 12.2 Å². The minimum absolute atomic E-state index is 0.0488. The van der Waals surface area contributed by atoms with Crippen LogP contribution in [-0.2, 0) is 16.1 Å². The predicted molar refractivity (Wildman–Crippen MR) is 81.2 cm³/mol. The quantitative estimate of drug-likeness (QED) is 0.493. The molecule has 1 heterocycles. The summed E-state index contributed by atoms with van der Waals surface area (Å²) in [7, 11) is 0. The second kappa shape index (κ2) is 5.95. The fourth-order valence-corrected chi connectivity index (χ4v) is 2.03. The van der Waals surface area contributed by atoms with E-state index in [0.717, 1.165) is 22.1 Å². The van der Waals surface area contributed by atoms with Crippen molar-refractivity contribution in [2.75, 3.05) is 0 Å². The van der Waals surface area contributed by atoms with E-state index in [-0.39, 0.29) is 6.61 Å². The third kappa shape index (κ3) is 3.60. The average Bonchev–Trinajstić information content (AvgIpc) is 2.37. The van der Waals surface area contributed by atoms with Gasteiger partial charge < -0.3 is 9.15 Å². The lowest BCUT2D eigenvalue weighted by Crippen LogP contribution is -2.06. The summed E-state index contributed by atoms with van der Waals surface area (Å²) in [6, 6.07) is 5.14. The van der Waals surface area contributed by atoms with Gasteiger partial charge in [-0.15, -0.1) is 0 Å². The van der Waals surface area contributed by atoms with Crippen molar-refractivity contribution in [1.29, 1.82) is 0 Å². The van der Waals surface area contributed by atoms with Gasteiger partial charge >= 0.3 is 11.6 Å². The van der Waals surface area contributed by atoms with E-state index in [1.807, 2.05) is 39.8 Å². The zero-order valence-electron chi connectivity index (χ0n) is 12.6. The number of carbonyl (C=O) groups is 1. The fraction of sp³-hybridized carbons (Fsp3) is 0.294. The highest BCUT2D eigenvalue weighted by Gasteiger charge is 2.09. The molecule has 0 aliphatic carbocycles. The number of allylic oxidation sites excluding steroid dienone is 1. The van der Waals surface area contributed by atoms with E-state index in [4.69, 9.17) is 9.15 Å². The highest BCUT2D eigenvalue weighted by atomic mass is 16.5. The molecule has 0 radical (unpaired) electrons. The molecule has 110 valence electrons. The first-order valence-electron chi connectivity index (χ1n) is 6.72. The first-order chi connectivity index (χ1) is 9.86. The SMILES string of the molecule is CC(C)=CC(=O)OCc1cc(=O)oc2cc(C)c(C)cc12. The molecule has 1 aromatic carbocycles. The Morgan fingerprint density at radius 1 is 1.19 bits per heavy atom. The molecule has 0 saturated heterocycles. The molecule has 0 atom stereocenters. The van der Waals surface area contributed by atoms with Crippen LogP contribution in [-0.4, -0.2) is 5.97 Å². The molecular weight excluding hydrogens is 268 g/mol. The Bertz CT molecular complexity index is 777. The Morgan fingerprint density at radius 2 is 1.86 bits per heavy atom. The minimum atomic E-state index is -0.445. The van der Waals surface area contributed by atoms with Crippen LogP contribution in [0.4, 0.5) is 0 Å². The number of benzene rings is 1. The maximum Gasteiger partial charge on any atom is 0.336 e. The van der Waals surface area contributed by atoms with Gasteiger partial charge in [-0.2, -0.15) is 0 Å². The number of aryl methyl sites for hydroxylation is 2. The maximum absolute atomic E-state index is 11.6. The van der Waals surface area contributed by atoms with Gasteiger partial charge in [-0.05, 0) is 51.0 Å². The third-order valence-electron chi connectivity index (χ3n) is 3.22. The van der Waals surface area contributed by atoms with E-state index < -0.39 is 11.6 Å². The van der Waals surface area contributed by atoms with Gasteiger partial charge in [-0.3, -0.25) is 0 Å². The predicted octanol–water partition coefficient (Wildman–Crippen LogP) is 3.42. The Morgan fingerprint density at radius 3 is 2.52 bits per heavy atom. The Balaban J connectivity index is 2.39. The van der Waals surface area contributed by atoms with E-state index in [9.17, 15) is 9.59 Å². The Labute approximate surface area is 123 Å². The monoisotopic (exact) mass is 286 g/mol. The summed E-state index contributed by atoms with van der Waals surface area (Å²) in [4.78, 5) is 23.2. The Hall–Kier alpha value is -2.36. The van der Waals surface area contributed by atoms with Crippen molar-refractivity contribution in [3.8, 4) is 0 Å². The fourth-order valence-electron chi connectivity index (χ4n) is 2.03. The molecule has 0 amide bonds. The highest BCUT2D eigenvalue weighted by molar-refractivity contribution is 5.84. The summed E-state index contributed by atoms with van der Waals surface area (Å²) in [6.45, 7) is 7.63. The minimum Gasteiger partial charge on any atom is -0.458 e. The smallest absolute Gasteiger partial charge is 0.336 e. The molecule has 0 aliphatic rings. The number of esters is 1. The van der Waals surface area contributed by atoms with E-state index in [1.54, 1.807) is 0 Å². The first-order valence-corrected chi connectivity index (χ1v) is 6.72. The summed E-state index contributed by atoms with van der Waals surface area (Å²) < 4.78 is 10.4. The van der Waals surface area contributed by atoms with Gasteiger partial charge in [0.05, 0.1) is 0 Å². The summed E-state index contributed by atoms with van der Waals surface area (Å²) in [5, 5.41) is 0.794. The van der Waals surface area contributed by atoms with Crippen LogP contribution in [0.25, 0.3) is 11.0 Å². The van der Waals surface area contributed by atoms with Crippen molar-refractivity contribution in [2.45, 2.75) is 34.3 Å². The molecule has 21 heavy (non-hydrogen) atoms. The molecule has 0 bridgehead atoms. The summed E-state index contributed by atoms with van der Waals surface area (Å²) in [6.07, 6.45) is 1.42. The van der Waals surface area contributed by atoms with Crippen molar-refractivity contribution in [3.63, 3.8) is 0 Å². The van der Waals surface area contributed by atoms with Gasteiger partial charge in [0.15, 0.2) is 0 Å². The lowest BCUT2D eigenvalue weighted by atomic mass is 10.0. The second-order valence-corrected chi connectivity index (χ2v) is 5.35. The number of fused-ring (bicyclic) bond motifs is 1. The van der Waals surface area contributed by atoms with E-state index in [1.165, 1.54) is 12.1 Å². The topological polar surface area (TPSA) is 56.5 Å². The van der Waals surface area contributed by atoms with Gasteiger partial charge in [-0.1, -0.05) is 5.57 Å². The van der Waals surface area contributed by atoms with Crippen LogP contribution >= 0.6 is 0 Å². The first kappa shape index (κ1) is 15.0. The average molecular weight is 286 g/mol. The maximum atomic E-state index is 11.6. The van der Waals surface area contributed by atoms with Crippen molar-refractivity contribution < 1.29 is 13.9 Å². The molecule has 0 aliphatic heterocycles. The molecule has 4 heteroatoms. The van der Waals surface area contributed by atoms with E-state index >= 15 is 0 Å². The van der Waals surface area contributed by atoms with Crippen molar-refractivity contribution >= 4 is 16.9 Å². The van der Waals surface area contributed by atoms with E-state index in [2.05, 4.69) is 0 Å². The number of rotatable bonds is 3. The molecule has 1 aromatic heterocycles. The van der Waals surface area contributed by atoms with Crippen molar-refractivity contribution in [3.05, 3.63) is 57.0 Å². The van der Waals surface area contributed by atoms with Gasteiger partial charge in [-0.25, -0.2) is 9.59 Å². The van der Waals surface area contributed by atoms with Crippen LogP contribution in [0.15, 0.2) is 39.1 Å². The van der Waals surface area contributed by atoms with Crippen LogP contribution < -0.4 is 5.63 Å². The third-order valence-corrected chi connectivity index (χ3v) is 3.22. The molecular formula is C17H18O4. The Kier molecular flexibility index (Phi) is 4.26. The highest BCUT2D eigenvalue weighted by Crippen LogP contribution is 2.22. The van der Waals surface area contributed by atoms with Gasteiger partial charge in [0, 0.05) is 23.1 Å².